The Kier molecular flexibility index (Phi) is 10.8. The number of hydrogen-bond donors (Lipinski definition) is 4. The topological polar surface area (TPSA) is 132 Å². The minimum absolute atomic E-state index is 0.0166. The molecule has 0 spiro atoms. The van der Waals surface area contributed by atoms with E-state index in [1.807, 2.05) is 34.9 Å². The van der Waals surface area contributed by atoms with Crippen LogP contribution in [0.25, 0.3) is 11.0 Å². The van der Waals surface area contributed by atoms with E-state index in [2.05, 4.69) is 37.9 Å². The first-order chi connectivity index (χ1) is 25.5. The summed E-state index contributed by atoms with van der Waals surface area (Å²) in [5.41, 5.74) is 3.60. The van der Waals surface area contributed by atoms with Crippen molar-refractivity contribution >= 4 is 40.4 Å². The van der Waals surface area contributed by atoms with Crippen LogP contribution >= 0.6 is 0 Å². The van der Waals surface area contributed by atoms with Crippen molar-refractivity contribution in [1.82, 2.24) is 24.7 Å². The molecule has 280 valence electrons. The maximum atomic E-state index is 13.4. The van der Waals surface area contributed by atoms with Crippen molar-refractivity contribution in [3.63, 3.8) is 0 Å². The van der Waals surface area contributed by atoms with E-state index in [1.165, 1.54) is 12.1 Å². The first kappa shape index (κ1) is 36.6. The molecule has 0 bridgehead atoms. The lowest BCUT2D eigenvalue weighted by molar-refractivity contribution is -0.137. The number of fused-ring (bicyclic) bond motifs is 1. The highest BCUT2D eigenvalue weighted by molar-refractivity contribution is 6.04. The molecule has 4 aromatic rings. The molecule has 1 unspecified atom stereocenters. The van der Waals surface area contributed by atoms with Gasteiger partial charge in [0.05, 0.1) is 16.6 Å². The molecule has 3 amide bonds. The van der Waals surface area contributed by atoms with E-state index in [9.17, 15) is 32.7 Å². The number of benzene rings is 3. The van der Waals surface area contributed by atoms with Gasteiger partial charge in [0.25, 0.3) is 5.91 Å². The van der Waals surface area contributed by atoms with E-state index >= 15 is 0 Å². The van der Waals surface area contributed by atoms with Crippen LogP contribution in [-0.2, 0) is 28.9 Å². The Morgan fingerprint density at radius 1 is 0.887 bits per heavy atom. The zero-order valence-electron chi connectivity index (χ0n) is 29.4. The van der Waals surface area contributed by atoms with Crippen LogP contribution in [0.1, 0.15) is 71.6 Å². The van der Waals surface area contributed by atoms with Gasteiger partial charge in [-0.05, 0) is 85.5 Å². The van der Waals surface area contributed by atoms with Crippen LogP contribution in [0.2, 0.25) is 0 Å². The number of para-hydroxylation sites is 1. The summed E-state index contributed by atoms with van der Waals surface area (Å²) in [6.45, 7) is 4.96. The van der Waals surface area contributed by atoms with Crippen molar-refractivity contribution in [2.24, 2.45) is 5.92 Å². The largest absolute Gasteiger partial charge is 0.416 e. The molecule has 3 aromatic carbocycles. The van der Waals surface area contributed by atoms with Crippen molar-refractivity contribution in [2.45, 2.75) is 69.9 Å². The number of anilines is 2. The van der Waals surface area contributed by atoms with Gasteiger partial charge in [-0.1, -0.05) is 30.3 Å². The molecule has 11 nitrogen and oxygen atoms in total. The van der Waals surface area contributed by atoms with Crippen LogP contribution < -0.4 is 16.0 Å². The van der Waals surface area contributed by atoms with Crippen LogP contribution in [0.15, 0.2) is 66.7 Å². The number of carbonyl (C=O) groups excluding carboxylic acids is 3. The second kappa shape index (κ2) is 15.7. The summed E-state index contributed by atoms with van der Waals surface area (Å²) in [7, 11) is 0. The number of aliphatic hydroxyl groups is 1. The molecular weight excluding hydrogens is 687 g/mol. The molecule has 7 rings (SSSR count). The Bertz CT molecular complexity index is 1970. The third kappa shape index (κ3) is 8.55. The summed E-state index contributed by atoms with van der Waals surface area (Å²) in [6, 6.07) is 18.0. The van der Waals surface area contributed by atoms with Crippen LogP contribution in [0.5, 0.6) is 0 Å². The normalized spacial score (nSPS) is 21.8. The van der Waals surface area contributed by atoms with Crippen LogP contribution in [-0.4, -0.2) is 81.0 Å². The van der Waals surface area contributed by atoms with Crippen molar-refractivity contribution in [1.29, 1.82) is 0 Å². The minimum atomic E-state index is -4.57. The Balaban J connectivity index is 1.03. The van der Waals surface area contributed by atoms with Gasteiger partial charge in [-0.15, -0.1) is 0 Å². The minimum Gasteiger partial charge on any atom is -0.396 e. The van der Waals surface area contributed by atoms with Gasteiger partial charge in [-0.25, -0.2) is 4.98 Å². The molecule has 3 heterocycles. The summed E-state index contributed by atoms with van der Waals surface area (Å²) < 4.78 is 42.2. The highest BCUT2D eigenvalue weighted by atomic mass is 19.4. The number of halogens is 3. The second-order valence-electron chi connectivity index (χ2n) is 14.4. The van der Waals surface area contributed by atoms with E-state index in [4.69, 9.17) is 4.98 Å². The highest BCUT2D eigenvalue weighted by Crippen LogP contribution is 2.37. The number of imide groups is 1. The van der Waals surface area contributed by atoms with Crippen LogP contribution in [0.4, 0.5) is 24.8 Å². The summed E-state index contributed by atoms with van der Waals surface area (Å²) in [4.78, 5) is 46.8. The average Bonchev–Trinajstić information content (AvgIpc) is 3.50. The Labute approximate surface area is 305 Å². The molecule has 4 N–H and O–H groups in total. The number of aliphatic hydroxyl groups excluding tert-OH is 1. The molecule has 3 aliphatic rings. The first-order valence-electron chi connectivity index (χ1n) is 18.3. The third-order valence-corrected chi connectivity index (χ3v) is 10.7. The van der Waals surface area contributed by atoms with E-state index < -0.39 is 23.7 Å². The number of aromatic nitrogens is 2. The summed E-state index contributed by atoms with van der Waals surface area (Å²) in [5, 5.41) is 18.3. The fraction of sp³-hybridized carbons (Fsp3) is 0.436. The van der Waals surface area contributed by atoms with Crippen molar-refractivity contribution in [2.75, 3.05) is 43.4 Å². The van der Waals surface area contributed by atoms with Gasteiger partial charge in [0.1, 0.15) is 6.04 Å². The van der Waals surface area contributed by atoms with Gasteiger partial charge in [-0.3, -0.25) is 34.8 Å². The van der Waals surface area contributed by atoms with E-state index in [1.54, 1.807) is 0 Å². The fourth-order valence-corrected chi connectivity index (χ4v) is 7.72. The molecule has 3 fully saturated rings. The first-order valence-corrected chi connectivity index (χ1v) is 18.3. The fourth-order valence-electron chi connectivity index (χ4n) is 7.72. The lowest BCUT2D eigenvalue weighted by Gasteiger charge is -2.35. The number of carbonyl (C=O) groups is 3. The second-order valence-corrected chi connectivity index (χ2v) is 14.4. The summed E-state index contributed by atoms with van der Waals surface area (Å²) in [5.74, 6) is -0.676. The quantitative estimate of drug-likeness (QED) is 0.156. The number of nitrogens with one attached hydrogen (secondary N) is 3. The third-order valence-electron chi connectivity index (χ3n) is 10.7. The number of piperidine rings is 1. The molecule has 1 aromatic heterocycles. The smallest absolute Gasteiger partial charge is 0.396 e. The van der Waals surface area contributed by atoms with Gasteiger partial charge in [0.15, 0.2) is 0 Å². The molecule has 1 atom stereocenters. The molecule has 14 heteroatoms. The molecule has 0 radical (unpaired) electrons. The number of amides is 3. The van der Waals surface area contributed by atoms with E-state index in [0.29, 0.717) is 30.9 Å². The lowest BCUT2D eigenvalue weighted by atomic mass is 9.86. The monoisotopic (exact) mass is 731 g/mol. The highest BCUT2D eigenvalue weighted by Gasteiger charge is 2.32. The molecule has 2 aliphatic heterocycles. The maximum Gasteiger partial charge on any atom is 0.416 e. The standard InChI is InChI=1S/C39H44F3N7O4/c40-39(41,42)29-6-3-5-27(21-29)36(52)46-38-44-33-20-26(10-14-34(33)49(38)30-11-8-25(24-50)9-12-30)22-47-16-18-48(19-17-47)23-28-4-1-2-7-31(28)43-32-13-15-35(51)45-37(32)53/h1-7,10,14,20-21,25,30,32,43,50H,8-9,11-13,15-19,22-24H2,(H,44,46,52)(H,45,51,53). The van der Waals surface area contributed by atoms with Crippen LogP contribution in [0, 0.1) is 5.92 Å². The van der Waals surface area contributed by atoms with Crippen LogP contribution in [0.3, 0.4) is 0 Å². The molecule has 2 saturated heterocycles. The van der Waals surface area contributed by atoms with Gasteiger partial charge < -0.3 is 15.0 Å². The number of piperazine rings is 1. The average molecular weight is 732 g/mol. The number of rotatable bonds is 10. The number of imidazole rings is 1. The van der Waals surface area contributed by atoms with Gasteiger partial charge in [-0.2, -0.15) is 13.2 Å². The summed E-state index contributed by atoms with van der Waals surface area (Å²) in [6.07, 6.45) is -0.568. The van der Waals surface area contributed by atoms with Gasteiger partial charge in [0.2, 0.25) is 17.8 Å². The number of hydrogen-bond acceptors (Lipinski definition) is 8. The molecule has 53 heavy (non-hydrogen) atoms. The van der Waals surface area contributed by atoms with E-state index in [-0.39, 0.29) is 35.9 Å². The lowest BCUT2D eigenvalue weighted by Crippen LogP contribution is -2.47. The Hall–Kier alpha value is -4.79. The zero-order valence-corrected chi connectivity index (χ0v) is 29.4. The van der Waals surface area contributed by atoms with Crippen molar-refractivity contribution in [3.8, 4) is 0 Å². The SMILES string of the molecule is O=C1CCC(Nc2ccccc2CN2CCN(Cc3ccc4c(c3)nc(NC(=O)c3cccc(C(F)(F)F)c3)n4C3CCC(CO)CC3)CC2)C(=O)N1. The van der Waals surface area contributed by atoms with Crippen molar-refractivity contribution < 1.29 is 32.7 Å². The summed E-state index contributed by atoms with van der Waals surface area (Å²) >= 11 is 0. The molecule has 1 saturated carbocycles. The maximum absolute atomic E-state index is 13.4. The predicted octanol–water partition coefficient (Wildman–Crippen LogP) is 5.57. The number of nitrogens with zero attached hydrogens (tertiary/aromatic N) is 4. The van der Waals surface area contributed by atoms with Gasteiger partial charge >= 0.3 is 6.18 Å². The van der Waals surface area contributed by atoms with E-state index in [0.717, 1.165) is 92.9 Å². The molecule has 1 aliphatic carbocycles. The number of alkyl halides is 3. The Morgan fingerprint density at radius 3 is 2.34 bits per heavy atom. The molecular formula is C39H44F3N7O4. The zero-order chi connectivity index (χ0) is 37.1. The van der Waals surface area contributed by atoms with Crippen molar-refractivity contribution in [3.05, 3.63) is 89.0 Å². The van der Waals surface area contributed by atoms with Gasteiger partial charge in [0, 0.05) is 69.6 Å². The predicted molar refractivity (Wildman–Crippen MR) is 194 cm³/mol. The Morgan fingerprint density at radius 2 is 1.62 bits per heavy atom.